The quantitative estimate of drug-likeness (QED) is 0.897. The number of rotatable bonds is 2. The number of piperazine rings is 1. The van der Waals surface area contributed by atoms with Crippen LogP contribution in [0.2, 0.25) is 0 Å². The van der Waals surface area contributed by atoms with Gasteiger partial charge in [0, 0.05) is 61.9 Å². The van der Waals surface area contributed by atoms with E-state index in [0.717, 1.165) is 49.9 Å². The molecule has 0 radical (unpaired) electrons. The maximum atomic E-state index is 12.2. The first-order chi connectivity index (χ1) is 11.3. The van der Waals surface area contributed by atoms with Gasteiger partial charge in [0.25, 0.3) is 0 Å². The summed E-state index contributed by atoms with van der Waals surface area (Å²) < 4.78 is 0. The Balaban J connectivity index is 1.60. The van der Waals surface area contributed by atoms with Crippen molar-refractivity contribution in [1.29, 1.82) is 0 Å². The highest BCUT2D eigenvalue weighted by atomic mass is 16.2. The van der Waals surface area contributed by atoms with E-state index in [1.165, 1.54) is 5.69 Å². The van der Waals surface area contributed by atoms with Crippen molar-refractivity contribution >= 4 is 22.5 Å². The zero-order chi connectivity index (χ0) is 15.6. The fourth-order valence-corrected chi connectivity index (χ4v) is 3.69. The minimum atomic E-state index is 0.226. The largest absolute Gasteiger partial charge is 0.369 e. The van der Waals surface area contributed by atoms with E-state index in [4.69, 9.17) is 0 Å². The number of amides is 1. The van der Waals surface area contributed by atoms with E-state index in [1.807, 2.05) is 18.5 Å². The van der Waals surface area contributed by atoms with Crippen molar-refractivity contribution in [2.75, 3.05) is 37.6 Å². The van der Waals surface area contributed by atoms with Gasteiger partial charge in [0.1, 0.15) is 0 Å². The third-order valence-corrected chi connectivity index (χ3v) is 4.82. The minimum Gasteiger partial charge on any atom is -0.369 e. The van der Waals surface area contributed by atoms with E-state index in [1.54, 1.807) is 6.20 Å². The maximum absolute atomic E-state index is 12.2. The monoisotopic (exact) mass is 311 g/mol. The molecule has 6 heteroatoms. The first kappa shape index (κ1) is 14.4. The van der Waals surface area contributed by atoms with Gasteiger partial charge in [-0.05, 0) is 25.0 Å². The zero-order valence-corrected chi connectivity index (χ0v) is 13.1. The van der Waals surface area contributed by atoms with Crippen LogP contribution in [0.1, 0.15) is 12.8 Å². The summed E-state index contributed by atoms with van der Waals surface area (Å²) in [6.07, 6.45) is 7.71. The average Bonchev–Trinajstić information content (AvgIpc) is 2.62. The fraction of sp³-hybridized carbons (Fsp3) is 0.471. The normalized spacial score (nSPS) is 22.6. The molecule has 0 unspecified atom stereocenters. The number of pyridine rings is 2. The van der Waals surface area contributed by atoms with Crippen molar-refractivity contribution < 1.29 is 4.79 Å². The Hall–Kier alpha value is -2.21. The second-order valence-electron chi connectivity index (χ2n) is 6.23. The van der Waals surface area contributed by atoms with Crippen LogP contribution in [0, 0.1) is 0 Å². The topological polar surface area (TPSA) is 61.4 Å². The predicted octanol–water partition coefficient (Wildman–Crippen LogP) is 1.03. The van der Waals surface area contributed by atoms with Crippen LogP contribution in [-0.2, 0) is 4.79 Å². The smallest absolute Gasteiger partial charge is 0.236 e. The van der Waals surface area contributed by atoms with Crippen LogP contribution in [0.3, 0.4) is 0 Å². The van der Waals surface area contributed by atoms with Crippen LogP contribution in [0.4, 0.5) is 5.69 Å². The van der Waals surface area contributed by atoms with E-state index < -0.39 is 0 Å². The Bertz CT molecular complexity index is 714. The zero-order valence-electron chi connectivity index (χ0n) is 13.1. The van der Waals surface area contributed by atoms with Crippen molar-refractivity contribution in [3.8, 4) is 0 Å². The molecule has 4 heterocycles. The molecule has 2 saturated heterocycles. The van der Waals surface area contributed by atoms with Crippen LogP contribution >= 0.6 is 0 Å². The highest BCUT2D eigenvalue weighted by molar-refractivity contribution is 5.90. The minimum absolute atomic E-state index is 0.226. The number of nitrogens with one attached hydrogen (secondary N) is 1. The summed E-state index contributed by atoms with van der Waals surface area (Å²) in [6.45, 7) is 4.09. The van der Waals surface area contributed by atoms with Gasteiger partial charge in [-0.25, -0.2) is 0 Å². The second kappa shape index (κ2) is 6.12. The molecule has 0 spiro atoms. The van der Waals surface area contributed by atoms with Gasteiger partial charge in [-0.1, -0.05) is 0 Å². The molecule has 23 heavy (non-hydrogen) atoms. The van der Waals surface area contributed by atoms with Crippen LogP contribution in [0.25, 0.3) is 10.9 Å². The molecule has 0 saturated carbocycles. The van der Waals surface area contributed by atoms with Crippen LogP contribution in [-0.4, -0.2) is 59.5 Å². The van der Waals surface area contributed by atoms with Crippen LogP contribution in [0.15, 0.2) is 30.7 Å². The maximum Gasteiger partial charge on any atom is 0.236 e. The van der Waals surface area contributed by atoms with Crippen molar-refractivity contribution in [1.82, 2.24) is 20.2 Å². The van der Waals surface area contributed by atoms with Gasteiger partial charge in [-0.2, -0.15) is 0 Å². The standard InChI is InChI=1S/C17H21N5O/c23-17-11-19-7-9-22(17)13-2-1-8-21(12-13)16-4-6-20-15-3-5-18-10-14(15)16/h3-6,10,13,19H,1-2,7-9,11-12H2/t13-/m0/s1. The lowest BCUT2D eigenvalue weighted by atomic mass is 10.0. The van der Waals surface area contributed by atoms with E-state index in [0.29, 0.717) is 12.6 Å². The molecule has 120 valence electrons. The van der Waals surface area contributed by atoms with E-state index in [9.17, 15) is 4.79 Å². The molecule has 4 rings (SSSR count). The van der Waals surface area contributed by atoms with E-state index in [-0.39, 0.29) is 5.91 Å². The molecule has 2 aliphatic rings. The Morgan fingerprint density at radius 2 is 2.17 bits per heavy atom. The number of piperidine rings is 1. The average molecular weight is 311 g/mol. The molecule has 2 aromatic heterocycles. The molecular weight excluding hydrogens is 290 g/mol. The number of aromatic nitrogens is 2. The number of nitrogens with zero attached hydrogens (tertiary/aromatic N) is 4. The van der Waals surface area contributed by atoms with Crippen molar-refractivity contribution in [2.24, 2.45) is 0 Å². The second-order valence-corrected chi connectivity index (χ2v) is 6.23. The molecule has 0 bridgehead atoms. The molecule has 2 aliphatic heterocycles. The Morgan fingerprint density at radius 3 is 3.09 bits per heavy atom. The SMILES string of the molecule is O=C1CNCCN1[C@H]1CCCN(c2ccnc3ccncc23)C1. The van der Waals surface area contributed by atoms with Gasteiger partial charge in [-0.15, -0.1) is 0 Å². The molecule has 1 amide bonds. The van der Waals surface area contributed by atoms with Crippen LogP contribution in [0.5, 0.6) is 0 Å². The summed E-state index contributed by atoms with van der Waals surface area (Å²) in [6, 6.07) is 4.31. The predicted molar refractivity (Wildman–Crippen MR) is 89.4 cm³/mol. The third-order valence-electron chi connectivity index (χ3n) is 4.82. The molecule has 6 nitrogen and oxygen atoms in total. The van der Waals surface area contributed by atoms with Gasteiger partial charge in [0.2, 0.25) is 5.91 Å². The molecule has 0 aliphatic carbocycles. The lowest BCUT2D eigenvalue weighted by Gasteiger charge is -2.42. The van der Waals surface area contributed by atoms with Gasteiger partial charge < -0.3 is 15.1 Å². The molecule has 1 atom stereocenters. The summed E-state index contributed by atoms with van der Waals surface area (Å²) in [4.78, 5) is 25.3. The lowest BCUT2D eigenvalue weighted by Crippen LogP contribution is -2.57. The molecule has 2 aromatic rings. The number of carbonyl (C=O) groups is 1. The highest BCUT2D eigenvalue weighted by Crippen LogP contribution is 2.28. The fourth-order valence-electron chi connectivity index (χ4n) is 3.69. The summed E-state index contributed by atoms with van der Waals surface area (Å²) >= 11 is 0. The van der Waals surface area contributed by atoms with Gasteiger partial charge in [-0.3, -0.25) is 14.8 Å². The Morgan fingerprint density at radius 1 is 1.22 bits per heavy atom. The van der Waals surface area contributed by atoms with Gasteiger partial charge >= 0.3 is 0 Å². The third kappa shape index (κ3) is 2.74. The Labute approximate surface area is 135 Å². The summed E-state index contributed by atoms with van der Waals surface area (Å²) in [7, 11) is 0. The summed E-state index contributed by atoms with van der Waals surface area (Å²) in [5.74, 6) is 0.226. The first-order valence-electron chi connectivity index (χ1n) is 8.27. The van der Waals surface area contributed by atoms with Crippen LogP contribution < -0.4 is 10.2 Å². The number of hydrogen-bond donors (Lipinski definition) is 1. The van der Waals surface area contributed by atoms with E-state index in [2.05, 4.69) is 31.2 Å². The molecule has 1 N–H and O–H groups in total. The highest BCUT2D eigenvalue weighted by Gasteiger charge is 2.30. The Kier molecular flexibility index (Phi) is 3.83. The number of carbonyl (C=O) groups excluding carboxylic acids is 1. The summed E-state index contributed by atoms with van der Waals surface area (Å²) in [5.41, 5.74) is 2.15. The van der Waals surface area contributed by atoms with Gasteiger partial charge in [0.15, 0.2) is 0 Å². The van der Waals surface area contributed by atoms with Gasteiger partial charge in [0.05, 0.1) is 12.1 Å². The number of anilines is 1. The molecule has 2 fully saturated rings. The van der Waals surface area contributed by atoms with Crippen molar-refractivity contribution in [3.05, 3.63) is 30.7 Å². The first-order valence-corrected chi connectivity index (χ1v) is 8.27. The number of hydrogen-bond acceptors (Lipinski definition) is 5. The lowest BCUT2D eigenvalue weighted by molar-refractivity contribution is -0.134. The summed E-state index contributed by atoms with van der Waals surface area (Å²) in [5, 5.41) is 4.23. The van der Waals surface area contributed by atoms with E-state index >= 15 is 0 Å². The van der Waals surface area contributed by atoms with Crippen molar-refractivity contribution in [3.63, 3.8) is 0 Å². The van der Waals surface area contributed by atoms with Crippen molar-refractivity contribution in [2.45, 2.75) is 18.9 Å². The molecular formula is C17H21N5O. The number of fused-ring (bicyclic) bond motifs is 1. The molecule has 0 aromatic carbocycles.